The molecule has 0 amide bonds. The molecule has 210 valence electrons. The summed E-state index contributed by atoms with van der Waals surface area (Å²) in [6.45, 7) is 0. The summed E-state index contributed by atoms with van der Waals surface area (Å²) < 4.78 is 6.45. The number of hydrogen-bond donors (Lipinski definition) is 0. The highest BCUT2D eigenvalue weighted by molar-refractivity contribution is 6.12. The molecule has 3 heterocycles. The van der Waals surface area contributed by atoms with E-state index in [4.69, 9.17) is 24.4 Å². The van der Waals surface area contributed by atoms with Gasteiger partial charge < -0.3 is 4.42 Å². The van der Waals surface area contributed by atoms with Gasteiger partial charge in [-0.15, -0.1) is 0 Å². The fraction of sp³-hybridized carbons (Fsp3) is 0. The zero-order valence-corrected chi connectivity index (χ0v) is 24.1. The average Bonchev–Trinajstić information content (AvgIpc) is 3.50. The number of hydrogen-bond acceptors (Lipinski definition) is 5. The molecule has 0 spiro atoms. The highest BCUT2D eigenvalue weighted by Gasteiger charge is 2.19. The van der Waals surface area contributed by atoms with Gasteiger partial charge in [-0.2, -0.15) is 0 Å². The van der Waals surface area contributed by atoms with Gasteiger partial charge in [-0.3, -0.25) is 4.98 Å². The van der Waals surface area contributed by atoms with E-state index < -0.39 is 0 Å². The lowest BCUT2D eigenvalue weighted by molar-refractivity contribution is 0.668. The predicted molar refractivity (Wildman–Crippen MR) is 182 cm³/mol. The molecule has 0 aliphatic carbocycles. The minimum atomic E-state index is 0.501. The number of fused-ring (bicyclic) bond motifs is 6. The first kappa shape index (κ1) is 25.3. The van der Waals surface area contributed by atoms with Crippen LogP contribution >= 0.6 is 0 Å². The zero-order chi connectivity index (χ0) is 29.7. The summed E-state index contributed by atoms with van der Waals surface area (Å²) in [6.07, 6.45) is 1.75. The monoisotopic (exact) mass is 576 g/mol. The van der Waals surface area contributed by atoms with E-state index in [9.17, 15) is 0 Å². The van der Waals surface area contributed by atoms with E-state index in [-0.39, 0.29) is 0 Å². The van der Waals surface area contributed by atoms with E-state index >= 15 is 0 Å². The third kappa shape index (κ3) is 4.33. The van der Waals surface area contributed by atoms with Gasteiger partial charge in [0.15, 0.2) is 17.5 Å². The van der Waals surface area contributed by atoms with Crippen molar-refractivity contribution in [1.29, 1.82) is 0 Å². The van der Waals surface area contributed by atoms with E-state index in [0.29, 0.717) is 23.2 Å². The number of pyridine rings is 1. The van der Waals surface area contributed by atoms with Crippen LogP contribution in [0.25, 0.3) is 88.9 Å². The standard InChI is InChI=1S/C40H24N4O/c1-3-10-27(11-4-1)38-42-39(28-12-5-2-6-13-28)44-40(43-38)37-36-32-20-19-30(24-35(32)45-34(36)21-22-41-37)29-18-17-26-16-15-25-9-7-8-14-31(25)33(26)23-29/h1-24H. The van der Waals surface area contributed by atoms with Crippen molar-refractivity contribution in [3.63, 3.8) is 0 Å². The van der Waals surface area contributed by atoms with Crippen LogP contribution in [0.1, 0.15) is 0 Å². The fourth-order valence-corrected chi connectivity index (χ4v) is 6.17. The van der Waals surface area contributed by atoms with Crippen LogP contribution < -0.4 is 0 Å². The van der Waals surface area contributed by atoms with Crippen LogP contribution in [0.3, 0.4) is 0 Å². The Kier molecular flexibility index (Phi) is 5.74. The predicted octanol–water partition coefficient (Wildman–Crippen LogP) is 10.1. The largest absolute Gasteiger partial charge is 0.456 e. The highest BCUT2D eigenvalue weighted by Crippen LogP contribution is 2.38. The Balaban J connectivity index is 1.21. The Hall–Kier alpha value is -6.20. The van der Waals surface area contributed by atoms with Crippen molar-refractivity contribution >= 4 is 43.5 Å². The second-order valence-corrected chi connectivity index (χ2v) is 11.1. The van der Waals surface area contributed by atoms with Crippen LogP contribution in [0.15, 0.2) is 150 Å². The Bertz CT molecular complexity index is 2480. The van der Waals surface area contributed by atoms with Crippen LogP contribution in [-0.4, -0.2) is 19.9 Å². The molecule has 0 N–H and O–H groups in total. The van der Waals surface area contributed by atoms with Gasteiger partial charge in [0.25, 0.3) is 0 Å². The molecule has 6 aromatic carbocycles. The Morgan fingerprint density at radius 2 is 1.00 bits per heavy atom. The van der Waals surface area contributed by atoms with Crippen molar-refractivity contribution in [1.82, 2.24) is 19.9 Å². The van der Waals surface area contributed by atoms with Crippen LogP contribution in [0.2, 0.25) is 0 Å². The van der Waals surface area contributed by atoms with Gasteiger partial charge in [0.05, 0.1) is 5.39 Å². The summed E-state index contributed by atoms with van der Waals surface area (Å²) in [5.74, 6) is 1.69. The first-order valence-electron chi connectivity index (χ1n) is 14.9. The van der Waals surface area contributed by atoms with Crippen molar-refractivity contribution in [3.05, 3.63) is 146 Å². The van der Waals surface area contributed by atoms with Crippen LogP contribution in [0.4, 0.5) is 0 Å². The van der Waals surface area contributed by atoms with E-state index in [1.165, 1.54) is 21.5 Å². The molecule has 3 aromatic heterocycles. The SMILES string of the molecule is c1ccc(-c2nc(-c3ccccc3)nc(-c3nccc4oc5cc(-c6ccc7ccc8ccccc8c7c6)ccc5c34)n2)cc1. The molecule has 5 nitrogen and oxygen atoms in total. The van der Waals surface area contributed by atoms with Crippen LogP contribution in [0, 0.1) is 0 Å². The molecule has 0 saturated heterocycles. The first-order chi connectivity index (χ1) is 22.3. The van der Waals surface area contributed by atoms with Crippen molar-refractivity contribution in [2.75, 3.05) is 0 Å². The minimum Gasteiger partial charge on any atom is -0.456 e. The molecular weight excluding hydrogens is 552 g/mol. The summed E-state index contributed by atoms with van der Waals surface area (Å²) in [7, 11) is 0. The smallest absolute Gasteiger partial charge is 0.183 e. The van der Waals surface area contributed by atoms with Crippen LogP contribution in [-0.2, 0) is 0 Å². The van der Waals surface area contributed by atoms with E-state index in [1.807, 2.05) is 66.7 Å². The topological polar surface area (TPSA) is 64.7 Å². The molecule has 0 radical (unpaired) electrons. The van der Waals surface area contributed by atoms with Gasteiger partial charge in [0, 0.05) is 22.7 Å². The fourth-order valence-electron chi connectivity index (χ4n) is 6.17. The van der Waals surface area contributed by atoms with Crippen molar-refractivity contribution < 1.29 is 4.42 Å². The van der Waals surface area contributed by atoms with Gasteiger partial charge >= 0.3 is 0 Å². The van der Waals surface area contributed by atoms with E-state index in [2.05, 4.69) is 72.8 Å². The lowest BCUT2D eigenvalue weighted by Gasteiger charge is -2.09. The van der Waals surface area contributed by atoms with E-state index in [0.717, 1.165) is 44.2 Å². The molecule has 0 aliphatic rings. The minimum absolute atomic E-state index is 0.501. The summed E-state index contributed by atoms with van der Waals surface area (Å²) in [4.78, 5) is 19.5. The molecule has 9 rings (SSSR count). The second kappa shape index (κ2) is 10.2. The first-order valence-corrected chi connectivity index (χ1v) is 14.9. The quantitative estimate of drug-likeness (QED) is 0.195. The molecule has 0 bridgehead atoms. The number of furan rings is 1. The average molecular weight is 577 g/mol. The van der Waals surface area contributed by atoms with Crippen molar-refractivity contribution in [2.45, 2.75) is 0 Å². The molecule has 0 fully saturated rings. The summed E-state index contributed by atoms with van der Waals surface area (Å²) in [5.41, 5.74) is 6.23. The molecule has 0 saturated carbocycles. The Morgan fingerprint density at radius 3 is 1.76 bits per heavy atom. The maximum atomic E-state index is 6.45. The third-order valence-corrected chi connectivity index (χ3v) is 8.37. The Morgan fingerprint density at radius 1 is 0.400 bits per heavy atom. The zero-order valence-electron chi connectivity index (χ0n) is 24.1. The third-order valence-electron chi connectivity index (χ3n) is 8.37. The van der Waals surface area contributed by atoms with Gasteiger partial charge in [0.1, 0.15) is 16.9 Å². The lowest BCUT2D eigenvalue weighted by Crippen LogP contribution is -2.01. The highest BCUT2D eigenvalue weighted by atomic mass is 16.3. The lowest BCUT2D eigenvalue weighted by atomic mass is 9.96. The van der Waals surface area contributed by atoms with Gasteiger partial charge in [0.2, 0.25) is 0 Å². The summed E-state index contributed by atoms with van der Waals surface area (Å²) in [6, 6.07) is 47.8. The van der Waals surface area contributed by atoms with Crippen molar-refractivity contribution in [3.8, 4) is 45.4 Å². The summed E-state index contributed by atoms with van der Waals surface area (Å²) >= 11 is 0. The van der Waals surface area contributed by atoms with Crippen LogP contribution in [0.5, 0.6) is 0 Å². The molecule has 9 aromatic rings. The maximum absolute atomic E-state index is 6.45. The number of aromatic nitrogens is 4. The van der Waals surface area contributed by atoms with Gasteiger partial charge in [-0.1, -0.05) is 115 Å². The molecule has 0 aliphatic heterocycles. The number of rotatable bonds is 4. The normalized spacial score (nSPS) is 11.6. The molecule has 0 unspecified atom stereocenters. The number of benzene rings is 6. The van der Waals surface area contributed by atoms with Gasteiger partial charge in [-0.25, -0.2) is 15.0 Å². The molecule has 45 heavy (non-hydrogen) atoms. The molecular formula is C40H24N4O. The van der Waals surface area contributed by atoms with Crippen molar-refractivity contribution in [2.24, 2.45) is 0 Å². The number of nitrogens with zero attached hydrogens (tertiary/aromatic N) is 4. The maximum Gasteiger partial charge on any atom is 0.183 e. The summed E-state index contributed by atoms with van der Waals surface area (Å²) in [5, 5.41) is 6.79. The Labute approximate surface area is 258 Å². The molecule has 0 atom stereocenters. The second-order valence-electron chi connectivity index (χ2n) is 11.1. The van der Waals surface area contributed by atoms with Gasteiger partial charge in [-0.05, 0) is 56.9 Å². The molecule has 5 heteroatoms. The van der Waals surface area contributed by atoms with E-state index in [1.54, 1.807) is 6.20 Å².